The van der Waals surface area contributed by atoms with Crippen molar-refractivity contribution in [3.8, 4) is 11.5 Å². The second kappa shape index (κ2) is 12.7. The Bertz CT molecular complexity index is 827. The van der Waals surface area contributed by atoms with Gasteiger partial charge in [0.25, 0.3) is 0 Å². The molecule has 0 saturated heterocycles. The van der Waals surface area contributed by atoms with Gasteiger partial charge in [0, 0.05) is 17.7 Å². The minimum Gasteiger partial charge on any atom is -0.496 e. The van der Waals surface area contributed by atoms with Crippen LogP contribution in [0.5, 0.6) is 11.5 Å². The molecule has 7 heteroatoms. The molecular formula is C24H31NO6. The van der Waals surface area contributed by atoms with Crippen LogP contribution in [0.2, 0.25) is 0 Å². The van der Waals surface area contributed by atoms with Crippen molar-refractivity contribution in [2.45, 2.75) is 32.2 Å². The monoisotopic (exact) mass is 429 g/mol. The SMILES string of the molecule is COc1cc(C(=O)C(CCc2ccccc2)NCCOCCC(=O)O)cc(OC)c1C. The van der Waals surface area contributed by atoms with Crippen LogP contribution >= 0.6 is 0 Å². The minimum atomic E-state index is -0.897. The predicted octanol–water partition coefficient (Wildman–Crippen LogP) is 3.28. The van der Waals surface area contributed by atoms with Gasteiger partial charge < -0.3 is 24.6 Å². The first-order valence-electron chi connectivity index (χ1n) is 10.3. The Morgan fingerprint density at radius 3 is 2.26 bits per heavy atom. The van der Waals surface area contributed by atoms with Crippen LogP contribution in [-0.4, -0.2) is 56.9 Å². The van der Waals surface area contributed by atoms with Gasteiger partial charge in [-0.15, -0.1) is 0 Å². The number of Topliss-reactive ketones (excluding diaryl/α,β-unsaturated/α-hetero) is 1. The third-order valence-electron chi connectivity index (χ3n) is 5.02. The fraction of sp³-hybridized carbons (Fsp3) is 0.417. The Kier molecular flexibility index (Phi) is 10.00. The molecule has 0 aliphatic heterocycles. The number of hydrogen-bond acceptors (Lipinski definition) is 6. The number of carboxylic acids is 1. The molecule has 2 aromatic carbocycles. The summed E-state index contributed by atoms with van der Waals surface area (Å²) in [5.74, 6) is 0.243. The van der Waals surface area contributed by atoms with Crippen molar-refractivity contribution in [2.24, 2.45) is 0 Å². The number of carbonyl (C=O) groups is 2. The van der Waals surface area contributed by atoms with Gasteiger partial charge in [0.15, 0.2) is 5.78 Å². The van der Waals surface area contributed by atoms with E-state index in [1.165, 1.54) is 0 Å². The molecule has 0 spiro atoms. The number of benzene rings is 2. The summed E-state index contributed by atoms with van der Waals surface area (Å²) in [7, 11) is 3.13. The van der Waals surface area contributed by atoms with Crippen LogP contribution in [0.4, 0.5) is 0 Å². The van der Waals surface area contributed by atoms with E-state index in [1.807, 2.05) is 37.3 Å². The van der Waals surface area contributed by atoms with Crippen LogP contribution in [0.15, 0.2) is 42.5 Å². The van der Waals surface area contributed by atoms with Crippen molar-refractivity contribution in [3.05, 3.63) is 59.2 Å². The van der Waals surface area contributed by atoms with Crippen LogP contribution in [0, 0.1) is 6.92 Å². The molecule has 0 saturated carbocycles. The second-order valence-corrected chi connectivity index (χ2v) is 7.16. The van der Waals surface area contributed by atoms with E-state index in [1.54, 1.807) is 26.4 Å². The summed E-state index contributed by atoms with van der Waals surface area (Å²) < 4.78 is 16.2. The first kappa shape index (κ1) is 24.4. The van der Waals surface area contributed by atoms with Crippen LogP contribution in [0.1, 0.15) is 34.3 Å². The number of hydrogen-bond donors (Lipinski definition) is 2. The normalized spacial score (nSPS) is 11.7. The summed E-state index contributed by atoms with van der Waals surface area (Å²) in [6.07, 6.45) is 1.31. The number of aryl methyl sites for hydroxylation is 1. The topological polar surface area (TPSA) is 94.1 Å². The first-order chi connectivity index (χ1) is 15.0. The lowest BCUT2D eigenvalue weighted by Gasteiger charge is -2.19. The molecule has 2 N–H and O–H groups in total. The van der Waals surface area contributed by atoms with Crippen molar-refractivity contribution in [2.75, 3.05) is 34.0 Å². The molecular weight excluding hydrogens is 398 g/mol. The van der Waals surface area contributed by atoms with Gasteiger partial charge >= 0.3 is 5.97 Å². The summed E-state index contributed by atoms with van der Waals surface area (Å²) in [6, 6.07) is 13.0. The molecule has 1 atom stereocenters. The first-order valence-corrected chi connectivity index (χ1v) is 10.3. The van der Waals surface area contributed by atoms with Crippen LogP contribution in [-0.2, 0) is 16.0 Å². The van der Waals surface area contributed by atoms with E-state index in [0.717, 1.165) is 17.5 Å². The Labute approximate surface area is 183 Å². The highest BCUT2D eigenvalue weighted by Crippen LogP contribution is 2.30. The zero-order valence-electron chi connectivity index (χ0n) is 18.3. The van der Waals surface area contributed by atoms with Gasteiger partial charge in [-0.05, 0) is 37.5 Å². The molecule has 168 valence electrons. The van der Waals surface area contributed by atoms with Crippen molar-refractivity contribution in [1.29, 1.82) is 0 Å². The molecule has 2 aromatic rings. The standard InChI is InChI=1S/C24H31NO6/c1-17-21(29-2)15-19(16-22(17)30-3)24(28)20(10-9-18-7-5-4-6-8-18)25-12-14-31-13-11-23(26)27/h4-8,15-16,20,25H,9-14H2,1-3H3,(H,26,27). The fourth-order valence-corrected chi connectivity index (χ4v) is 3.28. The number of ether oxygens (including phenoxy) is 3. The zero-order chi connectivity index (χ0) is 22.6. The lowest BCUT2D eigenvalue weighted by molar-refractivity contribution is -0.138. The van der Waals surface area contributed by atoms with Crippen LogP contribution in [0.25, 0.3) is 0 Å². The van der Waals surface area contributed by atoms with E-state index >= 15 is 0 Å². The molecule has 0 radical (unpaired) electrons. The van der Waals surface area contributed by atoms with Crippen LogP contribution < -0.4 is 14.8 Å². The quantitative estimate of drug-likeness (QED) is 0.352. The molecule has 0 bridgehead atoms. The number of ketones is 1. The van der Waals surface area contributed by atoms with E-state index in [0.29, 0.717) is 36.6 Å². The summed E-state index contributed by atoms with van der Waals surface area (Å²) in [5.41, 5.74) is 2.50. The molecule has 1 unspecified atom stereocenters. The number of rotatable bonds is 14. The largest absolute Gasteiger partial charge is 0.496 e. The van der Waals surface area contributed by atoms with Gasteiger partial charge in [-0.3, -0.25) is 9.59 Å². The highest BCUT2D eigenvalue weighted by molar-refractivity contribution is 6.01. The van der Waals surface area contributed by atoms with Crippen molar-refractivity contribution < 1.29 is 28.9 Å². The molecule has 0 amide bonds. The molecule has 0 fully saturated rings. The number of methoxy groups -OCH3 is 2. The van der Waals surface area contributed by atoms with Gasteiger partial charge in [-0.2, -0.15) is 0 Å². The number of aliphatic carboxylic acids is 1. The number of carboxylic acid groups (broad SMARTS) is 1. The van der Waals surface area contributed by atoms with Gasteiger partial charge in [-0.25, -0.2) is 0 Å². The summed E-state index contributed by atoms with van der Waals surface area (Å²) in [5, 5.41) is 11.9. The minimum absolute atomic E-state index is 0.0423. The van der Waals surface area contributed by atoms with Crippen molar-refractivity contribution in [1.82, 2.24) is 5.32 Å². The van der Waals surface area contributed by atoms with Gasteiger partial charge in [0.1, 0.15) is 11.5 Å². The van der Waals surface area contributed by atoms with E-state index in [9.17, 15) is 9.59 Å². The molecule has 0 aliphatic carbocycles. The second-order valence-electron chi connectivity index (χ2n) is 7.16. The fourth-order valence-electron chi connectivity index (χ4n) is 3.28. The van der Waals surface area contributed by atoms with E-state index in [4.69, 9.17) is 19.3 Å². The van der Waals surface area contributed by atoms with Gasteiger partial charge in [0.2, 0.25) is 0 Å². The average Bonchev–Trinajstić information content (AvgIpc) is 2.78. The molecule has 0 heterocycles. The van der Waals surface area contributed by atoms with Gasteiger partial charge in [0.05, 0.1) is 39.9 Å². The Morgan fingerprint density at radius 1 is 1.03 bits per heavy atom. The molecule has 2 rings (SSSR count). The highest BCUT2D eigenvalue weighted by atomic mass is 16.5. The summed E-state index contributed by atoms with van der Waals surface area (Å²) in [4.78, 5) is 23.9. The Morgan fingerprint density at radius 2 is 1.68 bits per heavy atom. The lowest BCUT2D eigenvalue weighted by atomic mass is 9.96. The molecule has 7 nitrogen and oxygen atoms in total. The number of carbonyl (C=O) groups excluding carboxylic acids is 1. The maximum atomic E-state index is 13.3. The Hall–Kier alpha value is -2.90. The van der Waals surface area contributed by atoms with E-state index in [2.05, 4.69) is 5.32 Å². The maximum absolute atomic E-state index is 13.3. The maximum Gasteiger partial charge on any atom is 0.305 e. The summed E-state index contributed by atoms with van der Waals surface area (Å²) >= 11 is 0. The number of nitrogens with one attached hydrogen (secondary N) is 1. The van der Waals surface area contributed by atoms with Crippen molar-refractivity contribution >= 4 is 11.8 Å². The van der Waals surface area contributed by atoms with Crippen molar-refractivity contribution in [3.63, 3.8) is 0 Å². The molecule has 0 aliphatic rings. The highest BCUT2D eigenvalue weighted by Gasteiger charge is 2.22. The van der Waals surface area contributed by atoms with Crippen LogP contribution in [0.3, 0.4) is 0 Å². The third-order valence-corrected chi connectivity index (χ3v) is 5.02. The predicted molar refractivity (Wildman–Crippen MR) is 118 cm³/mol. The van der Waals surface area contributed by atoms with E-state index < -0.39 is 12.0 Å². The average molecular weight is 430 g/mol. The smallest absolute Gasteiger partial charge is 0.305 e. The van der Waals surface area contributed by atoms with Gasteiger partial charge in [-0.1, -0.05) is 30.3 Å². The Balaban J connectivity index is 2.10. The molecule has 31 heavy (non-hydrogen) atoms. The lowest BCUT2D eigenvalue weighted by Crippen LogP contribution is -2.39. The molecule has 0 aromatic heterocycles. The summed E-state index contributed by atoms with van der Waals surface area (Å²) in [6.45, 7) is 2.78. The third kappa shape index (κ3) is 7.70. The van der Waals surface area contributed by atoms with E-state index in [-0.39, 0.29) is 18.8 Å². The zero-order valence-corrected chi connectivity index (χ0v) is 18.3.